The van der Waals surface area contributed by atoms with Crippen LogP contribution in [0, 0.1) is 0 Å². The number of benzene rings is 2. The molecule has 0 saturated carbocycles. The molecule has 164 valence electrons. The Morgan fingerprint density at radius 2 is 1.84 bits per heavy atom. The van der Waals surface area contributed by atoms with Crippen molar-refractivity contribution in [1.82, 2.24) is 5.32 Å². The molecule has 0 fully saturated rings. The van der Waals surface area contributed by atoms with E-state index < -0.39 is 12.1 Å². The molecular weight excluding hydrogens is 396 g/mol. The first-order valence-corrected chi connectivity index (χ1v) is 10.6. The number of nitrogens with one attached hydrogen (secondary N) is 1. The highest BCUT2D eigenvalue weighted by molar-refractivity contribution is 5.99. The molecule has 7 nitrogen and oxygen atoms in total. The molecule has 0 unspecified atom stereocenters. The summed E-state index contributed by atoms with van der Waals surface area (Å²) in [4.78, 5) is 39.0. The van der Waals surface area contributed by atoms with Crippen molar-refractivity contribution >= 4 is 23.5 Å². The molecule has 0 saturated heterocycles. The molecule has 0 aliphatic carbocycles. The Bertz CT molecular complexity index is 915. The third kappa shape index (κ3) is 5.84. The van der Waals surface area contributed by atoms with Crippen molar-refractivity contribution in [3.63, 3.8) is 0 Å². The Balaban J connectivity index is 1.62. The lowest BCUT2D eigenvalue weighted by atomic mass is 10.0. The van der Waals surface area contributed by atoms with Crippen LogP contribution in [0.2, 0.25) is 0 Å². The second kappa shape index (κ2) is 10.6. The van der Waals surface area contributed by atoms with Gasteiger partial charge in [0, 0.05) is 0 Å². The molecule has 0 radical (unpaired) electrons. The smallest absolute Gasteiger partial charge is 0.326 e. The number of fused-ring (bicyclic) bond motifs is 1. The normalized spacial score (nSPS) is 15.2. The van der Waals surface area contributed by atoms with Crippen LogP contribution in [0.25, 0.3) is 0 Å². The first-order chi connectivity index (χ1) is 15.0. The summed E-state index contributed by atoms with van der Waals surface area (Å²) in [6.07, 6.45) is 0.847. The Kier molecular flexibility index (Phi) is 7.65. The van der Waals surface area contributed by atoms with Crippen molar-refractivity contribution in [3.8, 4) is 5.75 Å². The van der Waals surface area contributed by atoms with E-state index in [4.69, 9.17) is 9.47 Å². The van der Waals surface area contributed by atoms with Crippen LogP contribution in [0.5, 0.6) is 5.75 Å². The molecule has 7 heteroatoms. The van der Waals surface area contributed by atoms with Crippen molar-refractivity contribution in [3.05, 3.63) is 60.2 Å². The molecular formula is C24H28N2O5. The third-order valence-corrected chi connectivity index (χ3v) is 5.09. The summed E-state index contributed by atoms with van der Waals surface area (Å²) >= 11 is 0. The van der Waals surface area contributed by atoms with E-state index in [0.717, 1.165) is 18.4 Å². The van der Waals surface area contributed by atoms with Gasteiger partial charge in [-0.2, -0.15) is 0 Å². The minimum absolute atomic E-state index is 0.156. The molecule has 1 aliphatic heterocycles. The fraction of sp³-hybridized carbons (Fsp3) is 0.375. The maximum atomic E-state index is 12.7. The topological polar surface area (TPSA) is 84.9 Å². The Labute approximate surface area is 182 Å². The highest BCUT2D eigenvalue weighted by Gasteiger charge is 2.28. The lowest BCUT2D eigenvalue weighted by Gasteiger charge is -2.23. The Hall–Kier alpha value is -3.35. The second-order valence-electron chi connectivity index (χ2n) is 7.44. The predicted octanol–water partition coefficient (Wildman–Crippen LogP) is 3.39. The van der Waals surface area contributed by atoms with E-state index in [-0.39, 0.29) is 37.4 Å². The van der Waals surface area contributed by atoms with E-state index in [1.165, 1.54) is 11.8 Å². The highest BCUT2D eigenvalue weighted by Crippen LogP contribution is 2.30. The zero-order chi connectivity index (χ0) is 22.2. The molecule has 2 amide bonds. The molecule has 1 aliphatic rings. The van der Waals surface area contributed by atoms with Gasteiger partial charge >= 0.3 is 5.97 Å². The number of amides is 2. The van der Waals surface area contributed by atoms with Crippen molar-refractivity contribution in [2.45, 2.75) is 45.3 Å². The summed E-state index contributed by atoms with van der Waals surface area (Å²) in [7, 11) is 0. The number of carbonyl (C=O) groups is 3. The molecule has 0 aromatic heterocycles. The summed E-state index contributed by atoms with van der Waals surface area (Å²) in [6.45, 7) is 3.54. The van der Waals surface area contributed by atoms with E-state index in [1.54, 1.807) is 24.3 Å². The number of ether oxygens (including phenoxy) is 2. The zero-order valence-electron chi connectivity index (χ0n) is 17.9. The van der Waals surface area contributed by atoms with Crippen LogP contribution in [0.15, 0.2) is 54.6 Å². The molecule has 31 heavy (non-hydrogen) atoms. The van der Waals surface area contributed by atoms with Gasteiger partial charge in [-0.05, 0) is 31.0 Å². The van der Waals surface area contributed by atoms with E-state index in [0.29, 0.717) is 11.4 Å². The van der Waals surface area contributed by atoms with E-state index >= 15 is 0 Å². The summed E-state index contributed by atoms with van der Waals surface area (Å²) in [6, 6.07) is 16.6. The maximum absolute atomic E-state index is 12.7. The van der Waals surface area contributed by atoms with Crippen LogP contribution >= 0.6 is 0 Å². The monoisotopic (exact) mass is 424 g/mol. The number of hydrogen-bond acceptors (Lipinski definition) is 5. The summed E-state index contributed by atoms with van der Waals surface area (Å²) in [5.41, 5.74) is 1.52. The molecule has 2 aromatic carbocycles. The summed E-state index contributed by atoms with van der Waals surface area (Å²) in [5, 5.41) is 2.96. The average molecular weight is 424 g/mol. The summed E-state index contributed by atoms with van der Waals surface area (Å²) in [5.74, 6) is -0.718. The van der Waals surface area contributed by atoms with Gasteiger partial charge in [-0.25, -0.2) is 0 Å². The standard InChI is InChI=1S/C24H28N2O5/c1-3-9-19(18-10-5-4-6-11-18)25-24(29)17(2)31-23(28)16-26-20-12-7-8-13-21(20)30-15-14-22(26)27/h4-8,10-13,17,19H,3,9,14-16H2,1-2H3,(H,25,29)/t17-,19+/m1/s1. The minimum atomic E-state index is -0.982. The maximum Gasteiger partial charge on any atom is 0.326 e. The lowest BCUT2D eigenvalue weighted by Crippen LogP contribution is -2.41. The number of esters is 1. The minimum Gasteiger partial charge on any atom is -0.491 e. The van der Waals surface area contributed by atoms with Crippen molar-refractivity contribution in [2.75, 3.05) is 18.1 Å². The van der Waals surface area contributed by atoms with Gasteiger partial charge in [0.2, 0.25) is 5.91 Å². The first-order valence-electron chi connectivity index (χ1n) is 10.6. The third-order valence-electron chi connectivity index (χ3n) is 5.09. The number of rotatable bonds is 8. The molecule has 2 aromatic rings. The number of hydrogen-bond donors (Lipinski definition) is 1. The molecule has 1 heterocycles. The Morgan fingerprint density at radius 3 is 2.58 bits per heavy atom. The first kappa shape index (κ1) is 22.3. The fourth-order valence-electron chi connectivity index (χ4n) is 3.50. The van der Waals surface area contributed by atoms with Gasteiger partial charge in [-0.3, -0.25) is 19.3 Å². The molecule has 1 N–H and O–H groups in total. The zero-order valence-corrected chi connectivity index (χ0v) is 17.9. The van der Waals surface area contributed by atoms with Crippen molar-refractivity contribution in [2.24, 2.45) is 0 Å². The highest BCUT2D eigenvalue weighted by atomic mass is 16.5. The van der Waals surface area contributed by atoms with Crippen molar-refractivity contribution < 1.29 is 23.9 Å². The largest absolute Gasteiger partial charge is 0.491 e. The van der Waals surface area contributed by atoms with Gasteiger partial charge in [0.05, 0.1) is 24.8 Å². The van der Waals surface area contributed by atoms with Gasteiger partial charge in [-0.15, -0.1) is 0 Å². The lowest BCUT2D eigenvalue weighted by molar-refractivity contribution is -0.154. The van der Waals surface area contributed by atoms with Gasteiger partial charge in [0.15, 0.2) is 6.10 Å². The average Bonchev–Trinajstić information content (AvgIpc) is 2.92. The van der Waals surface area contributed by atoms with Gasteiger partial charge in [-0.1, -0.05) is 55.8 Å². The number of carbonyl (C=O) groups excluding carboxylic acids is 3. The molecule has 0 spiro atoms. The number of anilines is 1. The second-order valence-corrected chi connectivity index (χ2v) is 7.44. The quantitative estimate of drug-likeness (QED) is 0.657. The van der Waals surface area contributed by atoms with Crippen molar-refractivity contribution in [1.29, 1.82) is 0 Å². The van der Waals surface area contributed by atoms with Gasteiger partial charge in [0.1, 0.15) is 12.3 Å². The van der Waals surface area contributed by atoms with E-state index in [9.17, 15) is 14.4 Å². The van der Waals surface area contributed by atoms with Crippen LogP contribution < -0.4 is 15.0 Å². The summed E-state index contributed by atoms with van der Waals surface area (Å²) < 4.78 is 10.9. The van der Waals surface area contributed by atoms with E-state index in [2.05, 4.69) is 5.32 Å². The van der Waals surface area contributed by atoms with Crippen LogP contribution in [-0.4, -0.2) is 37.0 Å². The predicted molar refractivity (Wildman–Crippen MR) is 117 cm³/mol. The van der Waals surface area contributed by atoms with Crippen LogP contribution in [0.3, 0.4) is 0 Å². The van der Waals surface area contributed by atoms with Gasteiger partial charge in [0.25, 0.3) is 5.91 Å². The fourth-order valence-corrected chi connectivity index (χ4v) is 3.50. The number of para-hydroxylation sites is 2. The molecule has 3 rings (SSSR count). The van der Waals surface area contributed by atoms with Crippen LogP contribution in [0.4, 0.5) is 5.69 Å². The van der Waals surface area contributed by atoms with Crippen LogP contribution in [-0.2, 0) is 19.1 Å². The molecule has 2 atom stereocenters. The number of nitrogens with zero attached hydrogens (tertiary/aromatic N) is 1. The molecule has 0 bridgehead atoms. The SMILES string of the molecule is CCC[C@H](NC(=O)[C@@H](C)OC(=O)CN1C(=O)CCOc2ccccc21)c1ccccc1. The Morgan fingerprint density at radius 1 is 1.13 bits per heavy atom. The van der Waals surface area contributed by atoms with E-state index in [1.807, 2.05) is 37.3 Å². The van der Waals surface area contributed by atoms with Crippen LogP contribution in [0.1, 0.15) is 44.7 Å². The van der Waals surface area contributed by atoms with Gasteiger partial charge < -0.3 is 14.8 Å².